The van der Waals surface area contributed by atoms with E-state index >= 15 is 0 Å². The van der Waals surface area contributed by atoms with Gasteiger partial charge in [-0.2, -0.15) is 0 Å². The first-order valence-electron chi connectivity index (χ1n) is 10.3. The molecule has 7 nitrogen and oxygen atoms in total. The standard InChI is InChI=1S/C24H25N3O4/c1-15-5-3-4-6-17(15)14-27-10-9-25-24(30)20(27)13-22(28)26-18-7-8-19-16(2)11-23(29)31-21(19)12-18/h3-8,11-12,20H,9-10,13-14H2,1-2H3,(H,25,30)(H,26,28). The number of fused-ring (bicyclic) bond motifs is 1. The quantitative estimate of drug-likeness (QED) is 0.621. The number of rotatable bonds is 5. The molecule has 2 N–H and O–H groups in total. The summed E-state index contributed by atoms with van der Waals surface area (Å²) in [5, 5.41) is 6.50. The first-order valence-corrected chi connectivity index (χ1v) is 10.3. The lowest BCUT2D eigenvalue weighted by atomic mass is 10.0. The van der Waals surface area contributed by atoms with Crippen LogP contribution in [0.15, 0.2) is 57.7 Å². The van der Waals surface area contributed by atoms with Crippen molar-refractivity contribution in [1.29, 1.82) is 0 Å². The number of piperazine rings is 1. The van der Waals surface area contributed by atoms with E-state index in [1.807, 2.05) is 43.0 Å². The van der Waals surface area contributed by atoms with Gasteiger partial charge in [-0.15, -0.1) is 0 Å². The van der Waals surface area contributed by atoms with Crippen LogP contribution >= 0.6 is 0 Å². The van der Waals surface area contributed by atoms with Crippen LogP contribution in [0, 0.1) is 13.8 Å². The van der Waals surface area contributed by atoms with Crippen molar-refractivity contribution in [3.8, 4) is 0 Å². The van der Waals surface area contributed by atoms with Crippen molar-refractivity contribution in [3.05, 3.63) is 75.6 Å². The SMILES string of the molecule is Cc1ccccc1CN1CCNC(=O)C1CC(=O)Nc1ccc2c(C)cc(=O)oc2c1. The molecule has 1 atom stereocenters. The Bertz CT molecular complexity index is 1200. The molecule has 1 unspecified atom stereocenters. The van der Waals surface area contributed by atoms with E-state index in [1.54, 1.807) is 18.2 Å². The summed E-state index contributed by atoms with van der Waals surface area (Å²) in [7, 11) is 0. The smallest absolute Gasteiger partial charge is 0.336 e. The van der Waals surface area contributed by atoms with Crippen LogP contribution in [0.25, 0.3) is 11.0 Å². The third-order valence-electron chi connectivity index (χ3n) is 5.69. The van der Waals surface area contributed by atoms with E-state index in [2.05, 4.69) is 10.6 Å². The van der Waals surface area contributed by atoms with Crippen molar-refractivity contribution < 1.29 is 14.0 Å². The number of hydrogen-bond acceptors (Lipinski definition) is 5. The molecule has 7 heteroatoms. The van der Waals surface area contributed by atoms with E-state index in [4.69, 9.17) is 4.42 Å². The van der Waals surface area contributed by atoms with Crippen molar-refractivity contribution in [2.75, 3.05) is 18.4 Å². The maximum Gasteiger partial charge on any atom is 0.336 e. The maximum absolute atomic E-state index is 12.8. The van der Waals surface area contributed by atoms with Gasteiger partial charge in [0.1, 0.15) is 5.58 Å². The van der Waals surface area contributed by atoms with Crippen molar-refractivity contribution in [2.24, 2.45) is 0 Å². The number of aryl methyl sites for hydroxylation is 2. The summed E-state index contributed by atoms with van der Waals surface area (Å²) in [5.74, 6) is -0.415. The molecule has 2 heterocycles. The first kappa shape index (κ1) is 20.8. The third kappa shape index (κ3) is 4.67. The van der Waals surface area contributed by atoms with Gasteiger partial charge in [-0.25, -0.2) is 4.79 Å². The molecule has 1 aliphatic rings. The van der Waals surface area contributed by atoms with Gasteiger partial charge in [0.15, 0.2) is 0 Å². The largest absolute Gasteiger partial charge is 0.423 e. The molecule has 0 spiro atoms. The first-order chi connectivity index (χ1) is 14.9. The maximum atomic E-state index is 12.8. The van der Waals surface area contributed by atoms with Crippen molar-refractivity contribution in [3.63, 3.8) is 0 Å². The summed E-state index contributed by atoms with van der Waals surface area (Å²) in [6, 6.07) is 14.1. The second-order valence-corrected chi connectivity index (χ2v) is 7.92. The van der Waals surface area contributed by atoms with Crippen LogP contribution in [0.3, 0.4) is 0 Å². The minimum atomic E-state index is -0.547. The average Bonchev–Trinajstić information content (AvgIpc) is 2.72. The molecule has 0 aliphatic carbocycles. The number of carbonyl (C=O) groups is 2. The molecule has 0 bridgehead atoms. The second kappa shape index (κ2) is 8.73. The van der Waals surface area contributed by atoms with E-state index in [0.29, 0.717) is 30.9 Å². The lowest BCUT2D eigenvalue weighted by Gasteiger charge is -2.35. The predicted molar refractivity (Wildman–Crippen MR) is 119 cm³/mol. The summed E-state index contributed by atoms with van der Waals surface area (Å²) in [6.07, 6.45) is 0.0352. The van der Waals surface area contributed by atoms with Gasteiger partial charge < -0.3 is 15.1 Å². The molecule has 1 aliphatic heterocycles. The highest BCUT2D eigenvalue weighted by Gasteiger charge is 2.31. The summed E-state index contributed by atoms with van der Waals surface area (Å²) in [4.78, 5) is 39.0. The lowest BCUT2D eigenvalue weighted by molar-refractivity contribution is -0.132. The molecular formula is C24H25N3O4. The van der Waals surface area contributed by atoms with Crippen LogP contribution in [0.2, 0.25) is 0 Å². The summed E-state index contributed by atoms with van der Waals surface area (Å²) >= 11 is 0. The van der Waals surface area contributed by atoms with Gasteiger partial charge in [-0.1, -0.05) is 24.3 Å². The molecule has 1 saturated heterocycles. The molecule has 2 aromatic carbocycles. The van der Waals surface area contributed by atoms with Gasteiger partial charge in [-0.3, -0.25) is 14.5 Å². The molecule has 31 heavy (non-hydrogen) atoms. The van der Waals surface area contributed by atoms with Gasteiger partial charge in [-0.05, 0) is 42.7 Å². The Kier molecular flexibility index (Phi) is 5.86. The molecule has 0 radical (unpaired) electrons. The van der Waals surface area contributed by atoms with E-state index in [1.165, 1.54) is 6.07 Å². The van der Waals surface area contributed by atoms with E-state index in [-0.39, 0.29) is 18.2 Å². The zero-order chi connectivity index (χ0) is 22.0. The minimum absolute atomic E-state index is 0.0352. The Morgan fingerprint density at radius 1 is 1.13 bits per heavy atom. The second-order valence-electron chi connectivity index (χ2n) is 7.92. The van der Waals surface area contributed by atoms with Crippen LogP contribution in [-0.4, -0.2) is 35.8 Å². The van der Waals surface area contributed by atoms with Crippen LogP contribution < -0.4 is 16.3 Å². The fourth-order valence-electron chi connectivity index (χ4n) is 3.97. The molecule has 2 amide bonds. The number of nitrogens with zero attached hydrogens (tertiary/aromatic N) is 1. The van der Waals surface area contributed by atoms with Gasteiger partial charge in [0.05, 0.1) is 12.5 Å². The Labute approximate surface area is 180 Å². The summed E-state index contributed by atoms with van der Waals surface area (Å²) in [5.41, 5.74) is 3.62. The topological polar surface area (TPSA) is 91.7 Å². The van der Waals surface area contributed by atoms with Crippen LogP contribution in [0.1, 0.15) is 23.1 Å². The van der Waals surface area contributed by atoms with Crippen molar-refractivity contribution in [2.45, 2.75) is 32.9 Å². The van der Waals surface area contributed by atoms with Crippen molar-refractivity contribution >= 4 is 28.5 Å². The number of hydrogen-bond donors (Lipinski definition) is 2. The van der Waals surface area contributed by atoms with E-state index < -0.39 is 11.7 Å². The highest BCUT2D eigenvalue weighted by Crippen LogP contribution is 2.22. The van der Waals surface area contributed by atoms with Crippen molar-refractivity contribution in [1.82, 2.24) is 10.2 Å². The molecule has 4 rings (SSSR count). The van der Waals surface area contributed by atoms with E-state index in [9.17, 15) is 14.4 Å². The molecular weight excluding hydrogens is 394 g/mol. The van der Waals surface area contributed by atoms with Gasteiger partial charge >= 0.3 is 5.63 Å². The Morgan fingerprint density at radius 2 is 1.94 bits per heavy atom. The zero-order valence-corrected chi connectivity index (χ0v) is 17.6. The number of carbonyl (C=O) groups excluding carboxylic acids is 2. The monoisotopic (exact) mass is 419 g/mol. The van der Waals surface area contributed by atoms with Crippen LogP contribution in [0.5, 0.6) is 0 Å². The fourth-order valence-corrected chi connectivity index (χ4v) is 3.97. The van der Waals surface area contributed by atoms with E-state index in [0.717, 1.165) is 22.1 Å². The molecule has 160 valence electrons. The Balaban J connectivity index is 1.49. The summed E-state index contributed by atoms with van der Waals surface area (Å²) in [6.45, 7) is 5.73. The Morgan fingerprint density at radius 3 is 2.74 bits per heavy atom. The summed E-state index contributed by atoms with van der Waals surface area (Å²) < 4.78 is 5.25. The van der Waals surface area contributed by atoms with Crippen LogP contribution in [-0.2, 0) is 16.1 Å². The van der Waals surface area contributed by atoms with Gasteiger partial charge in [0.2, 0.25) is 11.8 Å². The number of benzene rings is 2. The van der Waals surface area contributed by atoms with Gasteiger partial charge in [0.25, 0.3) is 0 Å². The third-order valence-corrected chi connectivity index (χ3v) is 5.69. The van der Waals surface area contributed by atoms with Gasteiger partial charge in [0, 0.05) is 42.8 Å². The fraction of sp³-hybridized carbons (Fsp3) is 0.292. The predicted octanol–water partition coefficient (Wildman–Crippen LogP) is 2.74. The molecule has 1 fully saturated rings. The normalized spacial score (nSPS) is 16.8. The zero-order valence-electron chi connectivity index (χ0n) is 17.6. The molecule has 1 aromatic heterocycles. The lowest BCUT2D eigenvalue weighted by Crippen LogP contribution is -2.55. The molecule has 0 saturated carbocycles. The highest BCUT2D eigenvalue weighted by molar-refractivity contribution is 5.97. The molecule has 3 aromatic rings. The Hall–Kier alpha value is -3.45. The highest BCUT2D eigenvalue weighted by atomic mass is 16.4. The average molecular weight is 419 g/mol. The number of amides is 2. The number of nitrogens with one attached hydrogen (secondary N) is 2. The van der Waals surface area contributed by atoms with Crippen LogP contribution in [0.4, 0.5) is 5.69 Å². The minimum Gasteiger partial charge on any atom is -0.423 e. The number of anilines is 1.